The molecule has 5 heteroatoms. The first-order valence-corrected chi connectivity index (χ1v) is 10.0. The Morgan fingerprint density at radius 3 is 2.07 bits per heavy atom. The molecule has 1 atom stereocenters. The van der Waals surface area contributed by atoms with Crippen LogP contribution in [0.2, 0.25) is 0 Å². The lowest BCUT2D eigenvalue weighted by Crippen LogP contribution is -2.44. The number of esters is 1. The van der Waals surface area contributed by atoms with Crippen LogP contribution in [0.1, 0.15) is 44.7 Å². The van der Waals surface area contributed by atoms with Crippen LogP contribution >= 0.6 is 0 Å². The Labute approximate surface area is 172 Å². The molecule has 0 unspecified atom stereocenters. The number of carbonyl (C=O) groups is 2. The fourth-order valence-corrected chi connectivity index (χ4v) is 3.46. The van der Waals surface area contributed by atoms with Gasteiger partial charge in [-0.15, -0.1) is 0 Å². The SMILES string of the molecule is CC(C)(C)OC(=O)[C@@H]1CCCN1C(=O)CN=C(c1ccccc1)c1ccccc1. The number of aliphatic imine (C=N–C) groups is 1. The molecule has 152 valence electrons. The van der Waals surface area contributed by atoms with E-state index in [0.29, 0.717) is 13.0 Å². The van der Waals surface area contributed by atoms with Gasteiger partial charge < -0.3 is 9.64 Å². The van der Waals surface area contributed by atoms with Gasteiger partial charge in [0.1, 0.15) is 18.2 Å². The van der Waals surface area contributed by atoms with Gasteiger partial charge in [0.15, 0.2) is 0 Å². The van der Waals surface area contributed by atoms with E-state index in [-0.39, 0.29) is 18.4 Å². The normalized spacial score (nSPS) is 16.4. The van der Waals surface area contributed by atoms with Gasteiger partial charge in [0, 0.05) is 17.7 Å². The zero-order valence-corrected chi connectivity index (χ0v) is 17.3. The van der Waals surface area contributed by atoms with Gasteiger partial charge in [-0.2, -0.15) is 0 Å². The summed E-state index contributed by atoms with van der Waals surface area (Å²) in [6.45, 7) is 6.07. The highest BCUT2D eigenvalue weighted by Gasteiger charge is 2.36. The van der Waals surface area contributed by atoms with Crippen molar-refractivity contribution in [2.45, 2.75) is 45.3 Å². The molecular formula is C24H28N2O3. The fraction of sp³-hybridized carbons (Fsp3) is 0.375. The monoisotopic (exact) mass is 392 g/mol. The maximum Gasteiger partial charge on any atom is 0.329 e. The van der Waals surface area contributed by atoms with E-state index in [4.69, 9.17) is 4.74 Å². The summed E-state index contributed by atoms with van der Waals surface area (Å²) in [6.07, 6.45) is 1.43. The molecule has 0 aliphatic carbocycles. The number of hydrogen-bond donors (Lipinski definition) is 0. The van der Waals surface area contributed by atoms with Gasteiger partial charge in [0.25, 0.3) is 0 Å². The number of hydrogen-bond acceptors (Lipinski definition) is 4. The quantitative estimate of drug-likeness (QED) is 0.573. The highest BCUT2D eigenvalue weighted by molar-refractivity contribution is 6.13. The van der Waals surface area contributed by atoms with E-state index in [2.05, 4.69) is 4.99 Å². The molecule has 1 aliphatic rings. The predicted octanol–water partition coefficient (Wildman–Crippen LogP) is 3.86. The molecule has 1 amide bonds. The van der Waals surface area contributed by atoms with Crippen molar-refractivity contribution < 1.29 is 14.3 Å². The van der Waals surface area contributed by atoms with Gasteiger partial charge in [0.2, 0.25) is 5.91 Å². The van der Waals surface area contributed by atoms with E-state index < -0.39 is 11.6 Å². The molecule has 0 saturated carbocycles. The second-order valence-corrected chi connectivity index (χ2v) is 8.18. The molecule has 5 nitrogen and oxygen atoms in total. The smallest absolute Gasteiger partial charge is 0.329 e. The number of nitrogens with zero attached hydrogens (tertiary/aromatic N) is 2. The minimum absolute atomic E-state index is 0.00157. The van der Waals surface area contributed by atoms with Crippen LogP contribution in [0, 0.1) is 0 Å². The lowest BCUT2D eigenvalue weighted by molar-refractivity contribution is -0.163. The number of benzene rings is 2. The molecule has 0 N–H and O–H groups in total. The number of likely N-dealkylation sites (tertiary alicyclic amines) is 1. The molecule has 0 bridgehead atoms. The van der Waals surface area contributed by atoms with Crippen LogP contribution in [-0.4, -0.2) is 47.2 Å². The van der Waals surface area contributed by atoms with Crippen molar-refractivity contribution in [2.24, 2.45) is 4.99 Å². The topological polar surface area (TPSA) is 59.0 Å². The van der Waals surface area contributed by atoms with Crippen LogP contribution in [-0.2, 0) is 14.3 Å². The highest BCUT2D eigenvalue weighted by atomic mass is 16.6. The van der Waals surface area contributed by atoms with Gasteiger partial charge in [-0.05, 0) is 33.6 Å². The third-order valence-corrected chi connectivity index (χ3v) is 4.72. The lowest BCUT2D eigenvalue weighted by Gasteiger charge is -2.27. The van der Waals surface area contributed by atoms with E-state index >= 15 is 0 Å². The summed E-state index contributed by atoms with van der Waals surface area (Å²) in [5.41, 5.74) is 2.11. The molecule has 29 heavy (non-hydrogen) atoms. The molecule has 0 aromatic heterocycles. The predicted molar refractivity (Wildman–Crippen MR) is 114 cm³/mol. The van der Waals surface area contributed by atoms with E-state index in [1.165, 1.54) is 0 Å². The van der Waals surface area contributed by atoms with Crippen molar-refractivity contribution in [3.8, 4) is 0 Å². The summed E-state index contributed by atoms with van der Waals surface area (Å²) >= 11 is 0. The Balaban J connectivity index is 1.78. The van der Waals surface area contributed by atoms with Crippen LogP contribution < -0.4 is 0 Å². The largest absolute Gasteiger partial charge is 0.458 e. The first-order valence-electron chi connectivity index (χ1n) is 10.0. The molecule has 0 radical (unpaired) electrons. The van der Waals surface area contributed by atoms with E-state index in [1.807, 2.05) is 81.4 Å². The minimum Gasteiger partial charge on any atom is -0.458 e. The van der Waals surface area contributed by atoms with Crippen molar-refractivity contribution >= 4 is 17.6 Å². The molecule has 1 aliphatic heterocycles. The highest BCUT2D eigenvalue weighted by Crippen LogP contribution is 2.21. The standard InChI is InChI=1S/C24H28N2O3/c1-24(2,3)29-23(28)20-15-10-16-26(20)21(27)17-25-22(18-11-6-4-7-12-18)19-13-8-5-9-14-19/h4-9,11-14,20H,10,15-17H2,1-3H3/t20-/m0/s1. The van der Waals surface area contributed by atoms with E-state index in [1.54, 1.807) is 4.90 Å². The first-order chi connectivity index (χ1) is 13.8. The fourth-order valence-electron chi connectivity index (χ4n) is 3.46. The van der Waals surface area contributed by atoms with Crippen molar-refractivity contribution in [2.75, 3.05) is 13.1 Å². The second-order valence-electron chi connectivity index (χ2n) is 8.18. The molecule has 1 saturated heterocycles. The molecule has 2 aromatic carbocycles. The Morgan fingerprint density at radius 1 is 1.00 bits per heavy atom. The van der Waals surface area contributed by atoms with Crippen LogP contribution in [0.15, 0.2) is 65.7 Å². The van der Waals surface area contributed by atoms with Crippen LogP contribution in [0.3, 0.4) is 0 Å². The Morgan fingerprint density at radius 2 is 1.55 bits per heavy atom. The summed E-state index contributed by atoms with van der Waals surface area (Å²) in [7, 11) is 0. The zero-order valence-electron chi connectivity index (χ0n) is 17.3. The minimum atomic E-state index is -0.569. The number of rotatable bonds is 5. The van der Waals surface area contributed by atoms with Gasteiger partial charge in [-0.1, -0.05) is 60.7 Å². The summed E-state index contributed by atoms with van der Waals surface area (Å²) < 4.78 is 5.50. The Kier molecular flexibility index (Phi) is 6.47. The molecular weight excluding hydrogens is 364 g/mol. The molecule has 1 fully saturated rings. The third kappa shape index (κ3) is 5.53. The average Bonchev–Trinajstić information content (AvgIpc) is 3.19. The number of ether oxygens (including phenoxy) is 1. The molecule has 2 aromatic rings. The van der Waals surface area contributed by atoms with Crippen molar-refractivity contribution in [1.29, 1.82) is 0 Å². The lowest BCUT2D eigenvalue weighted by atomic mass is 10.0. The molecule has 3 rings (SSSR count). The third-order valence-electron chi connectivity index (χ3n) is 4.72. The summed E-state index contributed by atoms with van der Waals surface area (Å²) in [6, 6.07) is 19.1. The van der Waals surface area contributed by atoms with Crippen LogP contribution in [0.25, 0.3) is 0 Å². The van der Waals surface area contributed by atoms with E-state index in [0.717, 1.165) is 23.3 Å². The van der Waals surface area contributed by atoms with Crippen molar-refractivity contribution in [3.63, 3.8) is 0 Å². The number of amides is 1. The first kappa shape index (κ1) is 20.8. The molecule has 1 heterocycles. The van der Waals surface area contributed by atoms with E-state index in [9.17, 15) is 9.59 Å². The van der Waals surface area contributed by atoms with Crippen molar-refractivity contribution in [3.05, 3.63) is 71.8 Å². The zero-order chi connectivity index (χ0) is 20.9. The Bertz CT molecular complexity index is 829. The van der Waals surface area contributed by atoms with Gasteiger partial charge in [0.05, 0.1) is 5.71 Å². The maximum atomic E-state index is 12.9. The summed E-state index contributed by atoms with van der Waals surface area (Å²) in [4.78, 5) is 31.7. The number of carbonyl (C=O) groups excluding carboxylic acids is 2. The van der Waals surface area contributed by atoms with Crippen LogP contribution in [0.5, 0.6) is 0 Å². The maximum absolute atomic E-state index is 12.9. The second kappa shape index (κ2) is 9.03. The van der Waals surface area contributed by atoms with Gasteiger partial charge >= 0.3 is 5.97 Å². The van der Waals surface area contributed by atoms with Gasteiger partial charge in [-0.3, -0.25) is 9.79 Å². The Hall–Kier alpha value is -2.95. The van der Waals surface area contributed by atoms with Crippen molar-refractivity contribution in [1.82, 2.24) is 4.90 Å². The summed E-state index contributed by atoms with van der Waals surface area (Å²) in [5, 5.41) is 0. The van der Waals surface area contributed by atoms with Gasteiger partial charge in [-0.25, -0.2) is 4.79 Å². The average molecular weight is 392 g/mol. The van der Waals surface area contributed by atoms with Crippen LogP contribution in [0.4, 0.5) is 0 Å². The summed E-state index contributed by atoms with van der Waals surface area (Å²) in [5.74, 6) is -0.485. The molecule has 0 spiro atoms.